The van der Waals surface area contributed by atoms with Gasteiger partial charge < -0.3 is 10.0 Å². The number of aliphatic carboxylic acids is 1. The topological polar surface area (TPSA) is 75.4 Å². The predicted octanol–water partition coefficient (Wildman–Crippen LogP) is 1.93. The number of rotatable bonds is 3. The molecule has 0 radical (unpaired) electrons. The third kappa shape index (κ3) is 2.42. The van der Waals surface area contributed by atoms with E-state index in [9.17, 15) is 14.7 Å². The third-order valence-electron chi connectivity index (χ3n) is 3.99. The van der Waals surface area contributed by atoms with Gasteiger partial charge in [0.15, 0.2) is 0 Å². The normalized spacial score (nSPS) is 27.1. The quantitative estimate of drug-likeness (QED) is 0.917. The number of hydrogen-bond acceptors (Lipinski definition) is 3. The van der Waals surface area contributed by atoms with Crippen molar-refractivity contribution in [3.05, 3.63) is 12.4 Å². The summed E-state index contributed by atoms with van der Waals surface area (Å²) in [6.45, 7) is 7.61. The fraction of sp³-hybridized carbons (Fsp3) is 0.643. The maximum absolute atomic E-state index is 12.3. The molecule has 1 N–H and O–H groups in total. The van der Waals surface area contributed by atoms with Gasteiger partial charge in [0.05, 0.1) is 17.8 Å². The fourth-order valence-electron chi connectivity index (χ4n) is 2.93. The van der Waals surface area contributed by atoms with Crippen LogP contribution in [0.1, 0.15) is 40.2 Å². The molecule has 3 unspecified atom stereocenters. The molecule has 1 amide bonds. The molecule has 2 rings (SSSR count). The minimum absolute atomic E-state index is 0.0363. The van der Waals surface area contributed by atoms with Gasteiger partial charge in [0, 0.05) is 24.7 Å². The number of carboxylic acids is 1. The van der Waals surface area contributed by atoms with Crippen molar-refractivity contribution in [3.8, 4) is 0 Å². The van der Waals surface area contributed by atoms with E-state index in [1.807, 2.05) is 20.8 Å². The number of hydrogen-bond donors (Lipinski definition) is 1. The summed E-state index contributed by atoms with van der Waals surface area (Å²) in [7, 11) is 0. The monoisotopic (exact) mass is 279 g/mol. The van der Waals surface area contributed by atoms with Crippen molar-refractivity contribution in [2.75, 3.05) is 4.90 Å². The van der Waals surface area contributed by atoms with Crippen molar-refractivity contribution in [2.45, 2.75) is 46.2 Å². The number of carbonyl (C=O) groups excluding carboxylic acids is 1. The van der Waals surface area contributed by atoms with Gasteiger partial charge in [-0.3, -0.25) is 14.3 Å². The first-order valence-electron chi connectivity index (χ1n) is 6.92. The molecule has 1 aromatic heterocycles. The van der Waals surface area contributed by atoms with Crippen LogP contribution in [-0.4, -0.2) is 32.8 Å². The first kappa shape index (κ1) is 14.6. The fourth-order valence-corrected chi connectivity index (χ4v) is 2.93. The lowest BCUT2D eigenvalue weighted by Crippen LogP contribution is -2.53. The third-order valence-corrected chi connectivity index (χ3v) is 3.99. The predicted molar refractivity (Wildman–Crippen MR) is 74.5 cm³/mol. The van der Waals surface area contributed by atoms with Crippen LogP contribution in [-0.2, 0) is 9.59 Å². The number of carbonyl (C=O) groups is 2. The molecule has 0 spiro atoms. The molecule has 6 heteroatoms. The second-order valence-corrected chi connectivity index (χ2v) is 5.82. The number of piperidine rings is 1. The second-order valence-electron chi connectivity index (χ2n) is 5.82. The van der Waals surface area contributed by atoms with E-state index in [-0.39, 0.29) is 30.3 Å². The Morgan fingerprint density at radius 2 is 2.10 bits per heavy atom. The first-order chi connectivity index (χ1) is 9.32. The number of anilines is 1. The average molecular weight is 279 g/mol. The highest BCUT2D eigenvalue weighted by Crippen LogP contribution is 2.33. The molecule has 20 heavy (non-hydrogen) atoms. The van der Waals surface area contributed by atoms with Crippen LogP contribution in [0, 0.1) is 11.8 Å². The Bertz CT molecular complexity index is 523. The molecule has 0 aliphatic carbocycles. The largest absolute Gasteiger partial charge is 0.481 e. The average Bonchev–Trinajstić information content (AvgIpc) is 2.76. The van der Waals surface area contributed by atoms with Gasteiger partial charge in [-0.15, -0.1) is 0 Å². The van der Waals surface area contributed by atoms with E-state index in [2.05, 4.69) is 5.10 Å². The molecule has 0 bridgehead atoms. The van der Waals surface area contributed by atoms with Gasteiger partial charge in [-0.2, -0.15) is 5.10 Å². The summed E-state index contributed by atoms with van der Waals surface area (Å²) in [5, 5.41) is 13.6. The number of amides is 1. The highest BCUT2D eigenvalue weighted by molar-refractivity contribution is 5.96. The van der Waals surface area contributed by atoms with Crippen molar-refractivity contribution < 1.29 is 14.7 Å². The molecule has 110 valence electrons. The molecule has 1 aliphatic heterocycles. The van der Waals surface area contributed by atoms with Gasteiger partial charge in [0.1, 0.15) is 0 Å². The van der Waals surface area contributed by atoms with Crippen molar-refractivity contribution >= 4 is 17.6 Å². The first-order valence-corrected chi connectivity index (χ1v) is 6.92. The zero-order valence-corrected chi connectivity index (χ0v) is 12.3. The Morgan fingerprint density at radius 1 is 1.45 bits per heavy atom. The van der Waals surface area contributed by atoms with Gasteiger partial charge in [-0.05, 0) is 26.7 Å². The van der Waals surface area contributed by atoms with Gasteiger partial charge in [0.25, 0.3) is 0 Å². The van der Waals surface area contributed by atoms with E-state index in [1.165, 1.54) is 0 Å². The van der Waals surface area contributed by atoms with E-state index < -0.39 is 11.9 Å². The second kappa shape index (κ2) is 5.26. The van der Waals surface area contributed by atoms with Crippen molar-refractivity contribution in [3.63, 3.8) is 0 Å². The molecular formula is C14H21N3O3. The van der Waals surface area contributed by atoms with E-state index in [0.29, 0.717) is 5.69 Å². The summed E-state index contributed by atoms with van der Waals surface area (Å²) >= 11 is 0. The van der Waals surface area contributed by atoms with E-state index in [0.717, 1.165) is 0 Å². The zero-order valence-electron chi connectivity index (χ0n) is 12.3. The molecule has 0 aromatic carbocycles. The summed E-state index contributed by atoms with van der Waals surface area (Å²) in [6.07, 6.45) is 3.69. The number of carboxylic acid groups (broad SMARTS) is 1. The molecule has 3 atom stereocenters. The lowest BCUT2D eigenvalue weighted by atomic mass is 9.81. The smallest absolute Gasteiger partial charge is 0.308 e. The number of aromatic nitrogens is 2. The van der Waals surface area contributed by atoms with Gasteiger partial charge in [-0.25, -0.2) is 0 Å². The Kier molecular flexibility index (Phi) is 3.83. The molecule has 1 saturated heterocycles. The highest BCUT2D eigenvalue weighted by atomic mass is 16.4. The minimum Gasteiger partial charge on any atom is -0.481 e. The van der Waals surface area contributed by atoms with Crippen molar-refractivity contribution in [2.24, 2.45) is 11.8 Å². The minimum atomic E-state index is -0.848. The molecule has 0 saturated carbocycles. The molecule has 2 heterocycles. The van der Waals surface area contributed by atoms with Crippen LogP contribution in [0.15, 0.2) is 12.4 Å². The molecule has 1 fully saturated rings. The maximum Gasteiger partial charge on any atom is 0.308 e. The van der Waals surface area contributed by atoms with Crippen LogP contribution >= 0.6 is 0 Å². The van der Waals surface area contributed by atoms with Crippen LogP contribution in [0.5, 0.6) is 0 Å². The van der Waals surface area contributed by atoms with Gasteiger partial charge >= 0.3 is 5.97 Å². The Morgan fingerprint density at radius 3 is 2.60 bits per heavy atom. The summed E-state index contributed by atoms with van der Waals surface area (Å²) in [6, 6.07) is -0.165. The Labute approximate surface area is 118 Å². The SMILES string of the molecule is CC1CC(=O)N(c2cnn(C(C)C)c2)C(C)C1C(=O)O. The maximum atomic E-state index is 12.3. The van der Waals surface area contributed by atoms with E-state index >= 15 is 0 Å². The standard InChI is InChI=1S/C14H21N3O3/c1-8(2)16-7-11(6-15-16)17-10(4)13(14(19)20)9(3)5-12(17)18/h6-10,13H,5H2,1-4H3,(H,19,20). The van der Waals surface area contributed by atoms with Crippen LogP contribution in [0.25, 0.3) is 0 Å². The van der Waals surface area contributed by atoms with Crippen molar-refractivity contribution in [1.29, 1.82) is 0 Å². The van der Waals surface area contributed by atoms with Crippen LogP contribution < -0.4 is 4.90 Å². The van der Waals surface area contributed by atoms with Crippen LogP contribution in [0.2, 0.25) is 0 Å². The summed E-state index contributed by atoms with van der Waals surface area (Å²) in [4.78, 5) is 25.2. The highest BCUT2D eigenvalue weighted by Gasteiger charge is 2.42. The van der Waals surface area contributed by atoms with E-state index in [4.69, 9.17) is 0 Å². The molecule has 6 nitrogen and oxygen atoms in total. The number of nitrogens with zero attached hydrogens (tertiary/aromatic N) is 3. The lowest BCUT2D eigenvalue weighted by molar-refractivity contribution is -0.146. The Hall–Kier alpha value is -1.85. The van der Waals surface area contributed by atoms with Crippen LogP contribution in [0.3, 0.4) is 0 Å². The zero-order chi connectivity index (χ0) is 15.0. The van der Waals surface area contributed by atoms with E-state index in [1.54, 1.807) is 28.9 Å². The van der Waals surface area contributed by atoms with Crippen molar-refractivity contribution in [1.82, 2.24) is 9.78 Å². The summed E-state index contributed by atoms with van der Waals surface area (Å²) in [5.41, 5.74) is 0.675. The molecular weight excluding hydrogens is 258 g/mol. The lowest BCUT2D eigenvalue weighted by Gasteiger charge is -2.39. The summed E-state index contributed by atoms with van der Waals surface area (Å²) < 4.78 is 1.77. The van der Waals surface area contributed by atoms with Crippen LogP contribution in [0.4, 0.5) is 5.69 Å². The molecule has 1 aromatic rings. The summed E-state index contributed by atoms with van der Waals surface area (Å²) in [5.74, 6) is -1.58. The molecule has 1 aliphatic rings. The van der Waals surface area contributed by atoms with Gasteiger partial charge in [-0.1, -0.05) is 6.92 Å². The van der Waals surface area contributed by atoms with Gasteiger partial charge in [0.2, 0.25) is 5.91 Å². The Balaban J connectivity index is 2.33.